The number of rotatable bonds is 3. The first kappa shape index (κ1) is 27.9. The van der Waals surface area contributed by atoms with Gasteiger partial charge in [0.15, 0.2) is 0 Å². The van der Waals surface area contributed by atoms with Crippen molar-refractivity contribution in [3.8, 4) is 22.5 Å². The van der Waals surface area contributed by atoms with E-state index in [1.807, 2.05) is 54.7 Å². The van der Waals surface area contributed by atoms with Gasteiger partial charge >= 0.3 is 0 Å². The Bertz CT molecular complexity index is 1830. The van der Waals surface area contributed by atoms with Crippen molar-refractivity contribution in [1.29, 1.82) is 0 Å². The zero-order chi connectivity index (χ0) is 26.8. The SMILES string of the molecule is CC(C)(C)Cc1ccnc(-c2[c-]ccc3c2oc2c4ccsc4ccc32)c1.[Ir].[c-]1ccccc1-c1ccccn1. The van der Waals surface area contributed by atoms with Crippen molar-refractivity contribution >= 4 is 43.4 Å². The van der Waals surface area contributed by atoms with Crippen molar-refractivity contribution in [3.05, 3.63) is 120 Å². The first-order valence-electron chi connectivity index (χ1n) is 13.0. The quantitative estimate of drug-likeness (QED) is 0.171. The van der Waals surface area contributed by atoms with Gasteiger partial charge in [-0.2, -0.15) is 0 Å². The van der Waals surface area contributed by atoms with E-state index in [-0.39, 0.29) is 25.5 Å². The van der Waals surface area contributed by atoms with Crippen LogP contribution in [0, 0.1) is 17.5 Å². The van der Waals surface area contributed by atoms with Crippen LogP contribution in [0.5, 0.6) is 0 Å². The van der Waals surface area contributed by atoms with E-state index in [4.69, 9.17) is 4.42 Å². The standard InChI is InChI=1S/C24H20NOS.C11H8N.Ir/c1-24(2,3)14-15-9-11-25-20(13-15)18-6-4-5-16-17-7-8-21-19(10-12-27-21)23(17)26-22(16)18;1-2-6-10(7-3-1)11-8-4-5-9-12-11;/h4-5,7-13H,14H2,1-3H3;1-6,8-9H;/q2*-1;. The molecule has 0 amide bonds. The Morgan fingerprint density at radius 2 is 1.57 bits per heavy atom. The second-order valence-electron chi connectivity index (χ2n) is 10.8. The Morgan fingerprint density at radius 1 is 0.750 bits per heavy atom. The summed E-state index contributed by atoms with van der Waals surface area (Å²) in [5.41, 5.74) is 7.21. The largest absolute Gasteiger partial charge is 0.500 e. The summed E-state index contributed by atoms with van der Waals surface area (Å²) in [6.07, 6.45) is 4.69. The molecule has 4 heterocycles. The summed E-state index contributed by atoms with van der Waals surface area (Å²) in [7, 11) is 0. The van der Waals surface area contributed by atoms with E-state index in [0.717, 1.165) is 50.9 Å². The topological polar surface area (TPSA) is 38.9 Å². The number of furan rings is 1. The van der Waals surface area contributed by atoms with Gasteiger partial charge in [-0.25, -0.2) is 0 Å². The maximum Gasteiger partial charge on any atom is 0.129 e. The normalized spacial score (nSPS) is 11.3. The fraction of sp³-hybridized carbons (Fsp3) is 0.143. The summed E-state index contributed by atoms with van der Waals surface area (Å²) in [5, 5.41) is 5.56. The molecular formula is C35H28IrN2OS-2. The summed E-state index contributed by atoms with van der Waals surface area (Å²) in [6, 6.07) is 35.0. The van der Waals surface area contributed by atoms with Crippen LogP contribution < -0.4 is 0 Å². The van der Waals surface area contributed by atoms with Gasteiger partial charge in [-0.3, -0.25) is 0 Å². The number of pyridine rings is 2. The molecule has 40 heavy (non-hydrogen) atoms. The number of benzene rings is 3. The number of hydrogen-bond acceptors (Lipinski definition) is 4. The first-order valence-corrected chi connectivity index (χ1v) is 13.9. The van der Waals surface area contributed by atoms with Crippen molar-refractivity contribution in [1.82, 2.24) is 9.97 Å². The van der Waals surface area contributed by atoms with Gasteiger partial charge in [0.25, 0.3) is 0 Å². The van der Waals surface area contributed by atoms with Crippen molar-refractivity contribution in [3.63, 3.8) is 0 Å². The Labute approximate surface area is 252 Å². The number of nitrogens with zero attached hydrogens (tertiary/aromatic N) is 2. The Balaban J connectivity index is 0.000000209. The molecule has 0 spiro atoms. The van der Waals surface area contributed by atoms with E-state index in [0.29, 0.717) is 0 Å². The smallest absolute Gasteiger partial charge is 0.129 e. The molecule has 201 valence electrons. The molecule has 1 radical (unpaired) electrons. The summed E-state index contributed by atoms with van der Waals surface area (Å²) in [5.74, 6) is 0. The molecule has 3 nitrogen and oxygen atoms in total. The van der Waals surface area contributed by atoms with Gasteiger partial charge in [0.05, 0.1) is 5.58 Å². The van der Waals surface area contributed by atoms with E-state index in [1.54, 1.807) is 17.5 Å². The fourth-order valence-electron chi connectivity index (χ4n) is 4.84. The molecule has 0 saturated heterocycles. The molecule has 3 aromatic carbocycles. The number of aromatic nitrogens is 2. The third kappa shape index (κ3) is 5.92. The van der Waals surface area contributed by atoms with Crippen LogP contribution in [0.15, 0.2) is 107 Å². The molecule has 5 heteroatoms. The van der Waals surface area contributed by atoms with Crippen molar-refractivity contribution in [2.45, 2.75) is 27.2 Å². The number of thiophene rings is 1. The fourth-order valence-corrected chi connectivity index (χ4v) is 5.63. The van der Waals surface area contributed by atoms with Crippen molar-refractivity contribution in [2.75, 3.05) is 0 Å². The summed E-state index contributed by atoms with van der Waals surface area (Å²) < 4.78 is 7.63. The molecule has 7 aromatic rings. The van der Waals surface area contributed by atoms with E-state index >= 15 is 0 Å². The molecule has 4 aromatic heterocycles. The molecular weight excluding hydrogens is 689 g/mol. The maximum atomic E-state index is 6.39. The molecule has 0 bridgehead atoms. The van der Waals surface area contributed by atoms with Crippen LogP contribution >= 0.6 is 11.3 Å². The summed E-state index contributed by atoms with van der Waals surface area (Å²) in [6.45, 7) is 6.77. The Morgan fingerprint density at radius 3 is 2.35 bits per heavy atom. The van der Waals surface area contributed by atoms with Crippen molar-refractivity contribution in [2.24, 2.45) is 5.41 Å². The molecule has 7 rings (SSSR count). The van der Waals surface area contributed by atoms with Crippen LogP contribution in [0.2, 0.25) is 0 Å². The average Bonchev–Trinajstić information content (AvgIpc) is 3.58. The first-order chi connectivity index (χ1) is 19.0. The molecule has 0 atom stereocenters. The molecule has 0 N–H and O–H groups in total. The minimum atomic E-state index is 0. The third-order valence-electron chi connectivity index (χ3n) is 6.49. The van der Waals surface area contributed by atoms with E-state index in [2.05, 4.69) is 84.7 Å². The molecule has 0 aliphatic carbocycles. The predicted molar refractivity (Wildman–Crippen MR) is 163 cm³/mol. The molecule has 0 unspecified atom stereocenters. The second-order valence-corrected chi connectivity index (χ2v) is 11.7. The zero-order valence-electron chi connectivity index (χ0n) is 22.6. The Kier molecular flexibility index (Phi) is 8.27. The van der Waals surface area contributed by atoms with Crippen molar-refractivity contribution < 1.29 is 24.5 Å². The average molecular weight is 717 g/mol. The maximum absolute atomic E-state index is 6.39. The van der Waals surface area contributed by atoms with E-state index < -0.39 is 0 Å². The summed E-state index contributed by atoms with van der Waals surface area (Å²) >= 11 is 1.74. The van der Waals surface area contributed by atoms with Crippen LogP contribution in [0.3, 0.4) is 0 Å². The second kappa shape index (κ2) is 11.9. The summed E-state index contributed by atoms with van der Waals surface area (Å²) in [4.78, 5) is 8.84. The van der Waals surface area contributed by atoms with E-state index in [1.165, 1.54) is 15.6 Å². The van der Waals surface area contributed by atoms with Crippen LogP contribution in [-0.2, 0) is 26.5 Å². The zero-order valence-corrected chi connectivity index (χ0v) is 25.8. The van der Waals surface area contributed by atoms with Gasteiger partial charge in [-0.1, -0.05) is 61.5 Å². The third-order valence-corrected chi connectivity index (χ3v) is 7.38. The van der Waals surface area contributed by atoms with Gasteiger partial charge in [0.2, 0.25) is 0 Å². The van der Waals surface area contributed by atoms with Gasteiger partial charge in [0, 0.05) is 48.0 Å². The molecule has 0 aliphatic rings. The van der Waals surface area contributed by atoms with Gasteiger partial charge in [-0.15, -0.1) is 65.4 Å². The van der Waals surface area contributed by atoms with Crippen LogP contribution in [-0.4, -0.2) is 9.97 Å². The number of fused-ring (bicyclic) bond motifs is 5. The van der Waals surface area contributed by atoms with E-state index in [9.17, 15) is 0 Å². The van der Waals surface area contributed by atoms with Gasteiger partial charge in [-0.05, 0) is 52.9 Å². The molecule has 0 aliphatic heterocycles. The van der Waals surface area contributed by atoms with Crippen LogP contribution in [0.4, 0.5) is 0 Å². The minimum Gasteiger partial charge on any atom is -0.500 e. The van der Waals surface area contributed by atoms with Gasteiger partial charge < -0.3 is 14.4 Å². The van der Waals surface area contributed by atoms with Gasteiger partial charge in [0.1, 0.15) is 5.58 Å². The van der Waals surface area contributed by atoms with Crippen LogP contribution in [0.1, 0.15) is 26.3 Å². The van der Waals surface area contributed by atoms with Crippen LogP contribution in [0.25, 0.3) is 54.5 Å². The molecule has 0 saturated carbocycles. The Hall–Kier alpha value is -3.63. The molecule has 0 fully saturated rings. The minimum absolute atomic E-state index is 0. The predicted octanol–water partition coefficient (Wildman–Crippen LogP) is 9.80. The number of hydrogen-bond donors (Lipinski definition) is 0. The monoisotopic (exact) mass is 717 g/mol.